The topological polar surface area (TPSA) is 120 Å². The molecule has 0 unspecified atom stereocenters. The SMILES string of the molecule is CC[C@H]1OC(=O)[C@H](C)C[C@H](C)[C@@H](O)[C@](C)(OC)C[C@@H](C)C(=N)[C@H](C)[C@@H](O)[C@]1(C)O. The van der Waals surface area contributed by atoms with Crippen LogP contribution in [0.5, 0.6) is 0 Å². The van der Waals surface area contributed by atoms with Gasteiger partial charge in [0, 0.05) is 18.7 Å². The van der Waals surface area contributed by atoms with Gasteiger partial charge in [0.05, 0.1) is 23.7 Å². The highest BCUT2D eigenvalue weighted by Crippen LogP contribution is 2.35. The van der Waals surface area contributed by atoms with Gasteiger partial charge >= 0.3 is 5.97 Å². The van der Waals surface area contributed by atoms with Crippen molar-refractivity contribution in [3.05, 3.63) is 0 Å². The smallest absolute Gasteiger partial charge is 0.309 e. The number of cyclic esters (lactones) is 1. The van der Waals surface area contributed by atoms with Crippen LogP contribution in [0.15, 0.2) is 0 Å². The van der Waals surface area contributed by atoms with E-state index in [1.165, 1.54) is 14.0 Å². The number of nitrogens with one attached hydrogen (secondary N) is 1. The highest BCUT2D eigenvalue weighted by molar-refractivity contribution is 5.86. The Hall–Kier alpha value is -1.02. The molecule has 9 atom stereocenters. The maximum Gasteiger partial charge on any atom is 0.309 e. The standard InChI is InChI=1S/C22H41NO6/c1-9-16-22(7,27)19(25)15(5)17(23)14(4)11-21(6,28-8)18(24)12(2)10-13(3)20(26)29-16/h12-16,18-19,23-25,27H,9-11H2,1-8H3/t12-,13+,14+,15-,16+,18+,19+,21+,22+/m0/s1. The number of esters is 1. The number of rotatable bonds is 2. The Bertz CT molecular complexity index is 580. The highest BCUT2D eigenvalue weighted by atomic mass is 16.6. The van der Waals surface area contributed by atoms with Crippen molar-refractivity contribution in [3.8, 4) is 0 Å². The predicted octanol–water partition coefficient (Wildman–Crippen LogP) is 2.54. The number of carbonyl (C=O) groups excluding carboxylic acids is 1. The van der Waals surface area contributed by atoms with Gasteiger partial charge in [0.25, 0.3) is 0 Å². The molecule has 0 radical (unpaired) electrons. The zero-order valence-electron chi connectivity index (χ0n) is 19.2. The van der Waals surface area contributed by atoms with Gasteiger partial charge in [-0.3, -0.25) is 4.79 Å². The number of hydrogen-bond donors (Lipinski definition) is 4. The van der Waals surface area contributed by atoms with E-state index in [0.29, 0.717) is 19.3 Å². The summed E-state index contributed by atoms with van der Waals surface area (Å²) in [6.45, 7) is 12.2. The van der Waals surface area contributed by atoms with Crippen LogP contribution in [0.3, 0.4) is 0 Å². The van der Waals surface area contributed by atoms with Crippen LogP contribution in [-0.4, -0.2) is 63.6 Å². The molecule has 7 nitrogen and oxygen atoms in total. The third-order valence-corrected chi connectivity index (χ3v) is 6.85. The Balaban J connectivity index is 3.38. The van der Waals surface area contributed by atoms with Crippen molar-refractivity contribution in [3.63, 3.8) is 0 Å². The van der Waals surface area contributed by atoms with Crippen molar-refractivity contribution in [2.45, 2.75) is 97.2 Å². The minimum Gasteiger partial charge on any atom is -0.459 e. The Kier molecular flexibility index (Phi) is 8.84. The van der Waals surface area contributed by atoms with Gasteiger partial charge in [0.15, 0.2) is 0 Å². The first-order valence-corrected chi connectivity index (χ1v) is 10.6. The molecule has 0 amide bonds. The molecule has 1 aliphatic heterocycles. The predicted molar refractivity (Wildman–Crippen MR) is 112 cm³/mol. The highest BCUT2D eigenvalue weighted by Gasteiger charge is 2.47. The van der Waals surface area contributed by atoms with Crippen LogP contribution in [0.25, 0.3) is 0 Å². The van der Waals surface area contributed by atoms with Crippen LogP contribution < -0.4 is 0 Å². The Morgan fingerprint density at radius 3 is 2.17 bits per heavy atom. The summed E-state index contributed by atoms with van der Waals surface area (Å²) < 4.78 is 11.2. The monoisotopic (exact) mass is 415 g/mol. The van der Waals surface area contributed by atoms with Crippen LogP contribution >= 0.6 is 0 Å². The lowest BCUT2D eigenvalue weighted by Gasteiger charge is -2.42. The van der Waals surface area contributed by atoms with Crippen molar-refractivity contribution in [2.75, 3.05) is 7.11 Å². The fourth-order valence-corrected chi connectivity index (χ4v) is 4.62. The van der Waals surface area contributed by atoms with Crippen LogP contribution in [-0.2, 0) is 14.3 Å². The van der Waals surface area contributed by atoms with E-state index < -0.39 is 47.3 Å². The lowest BCUT2D eigenvalue weighted by atomic mass is 9.74. The number of ether oxygens (including phenoxy) is 2. The van der Waals surface area contributed by atoms with E-state index in [4.69, 9.17) is 14.9 Å². The Labute approximate surface area is 175 Å². The quantitative estimate of drug-likeness (QED) is 0.515. The van der Waals surface area contributed by atoms with Gasteiger partial charge in [0.1, 0.15) is 11.7 Å². The van der Waals surface area contributed by atoms with E-state index in [9.17, 15) is 20.1 Å². The normalized spacial score (nSPS) is 46.1. The van der Waals surface area contributed by atoms with Crippen molar-refractivity contribution in [1.82, 2.24) is 0 Å². The maximum absolute atomic E-state index is 12.7. The van der Waals surface area contributed by atoms with Crippen LogP contribution in [0.1, 0.15) is 67.7 Å². The second-order valence-electron chi connectivity index (χ2n) is 9.43. The summed E-state index contributed by atoms with van der Waals surface area (Å²) in [7, 11) is 1.53. The van der Waals surface area contributed by atoms with E-state index in [0.717, 1.165) is 0 Å². The molecule has 1 rings (SSSR count). The third-order valence-electron chi connectivity index (χ3n) is 6.85. The fraction of sp³-hybridized carbons (Fsp3) is 0.909. The molecule has 1 saturated heterocycles. The zero-order valence-corrected chi connectivity index (χ0v) is 19.2. The number of aliphatic hydroxyl groups excluding tert-OH is 2. The lowest BCUT2D eigenvalue weighted by Crippen LogP contribution is -2.56. The molecule has 29 heavy (non-hydrogen) atoms. The maximum atomic E-state index is 12.7. The Morgan fingerprint density at radius 2 is 1.69 bits per heavy atom. The molecule has 0 spiro atoms. The molecule has 1 fully saturated rings. The summed E-state index contributed by atoms with van der Waals surface area (Å²) in [4.78, 5) is 12.7. The van der Waals surface area contributed by atoms with Crippen LogP contribution in [0.2, 0.25) is 0 Å². The first-order valence-electron chi connectivity index (χ1n) is 10.6. The molecule has 0 bridgehead atoms. The van der Waals surface area contributed by atoms with Crippen molar-refractivity contribution < 1.29 is 29.6 Å². The fourth-order valence-electron chi connectivity index (χ4n) is 4.62. The summed E-state index contributed by atoms with van der Waals surface area (Å²) >= 11 is 0. The second-order valence-corrected chi connectivity index (χ2v) is 9.43. The second kappa shape index (κ2) is 9.86. The minimum atomic E-state index is -1.70. The van der Waals surface area contributed by atoms with Crippen LogP contribution in [0, 0.1) is 29.1 Å². The summed E-state index contributed by atoms with van der Waals surface area (Å²) in [5.74, 6) is -2.15. The third kappa shape index (κ3) is 5.57. The van der Waals surface area contributed by atoms with E-state index in [1.807, 2.05) is 13.8 Å². The van der Waals surface area contributed by atoms with Gasteiger partial charge in [0.2, 0.25) is 0 Å². The molecular formula is C22H41NO6. The van der Waals surface area contributed by atoms with Gasteiger partial charge in [-0.25, -0.2) is 0 Å². The van der Waals surface area contributed by atoms with E-state index >= 15 is 0 Å². The molecule has 1 heterocycles. The molecule has 0 aliphatic carbocycles. The number of carbonyl (C=O) groups is 1. The number of methoxy groups -OCH3 is 1. The number of hydrogen-bond acceptors (Lipinski definition) is 7. The molecule has 0 aromatic rings. The summed E-state index contributed by atoms with van der Waals surface area (Å²) in [5.41, 5.74) is -2.36. The summed E-state index contributed by atoms with van der Waals surface area (Å²) in [6, 6.07) is 0. The molecule has 0 aromatic heterocycles. The molecule has 0 aromatic carbocycles. The van der Waals surface area contributed by atoms with Gasteiger partial charge in [-0.1, -0.05) is 34.6 Å². The van der Waals surface area contributed by atoms with Crippen molar-refractivity contribution >= 4 is 11.7 Å². The molecule has 0 saturated carbocycles. The van der Waals surface area contributed by atoms with E-state index in [-0.39, 0.29) is 17.5 Å². The minimum absolute atomic E-state index is 0.240. The van der Waals surface area contributed by atoms with E-state index in [1.54, 1.807) is 27.7 Å². The Morgan fingerprint density at radius 1 is 1.14 bits per heavy atom. The molecule has 1 aliphatic rings. The van der Waals surface area contributed by atoms with Crippen molar-refractivity contribution in [2.24, 2.45) is 23.7 Å². The average molecular weight is 416 g/mol. The molecule has 7 heteroatoms. The number of aliphatic hydroxyl groups is 3. The molecule has 4 N–H and O–H groups in total. The summed E-state index contributed by atoms with van der Waals surface area (Å²) in [6.07, 6.45) is -1.92. The zero-order chi connectivity index (χ0) is 22.7. The van der Waals surface area contributed by atoms with Gasteiger partial charge in [-0.15, -0.1) is 0 Å². The van der Waals surface area contributed by atoms with Gasteiger partial charge in [-0.2, -0.15) is 0 Å². The first-order chi connectivity index (χ1) is 13.2. The van der Waals surface area contributed by atoms with Gasteiger partial charge in [-0.05, 0) is 44.9 Å². The van der Waals surface area contributed by atoms with Crippen LogP contribution in [0.4, 0.5) is 0 Å². The lowest BCUT2D eigenvalue weighted by molar-refractivity contribution is -0.187. The molecular weight excluding hydrogens is 374 g/mol. The largest absolute Gasteiger partial charge is 0.459 e. The van der Waals surface area contributed by atoms with E-state index in [2.05, 4.69) is 0 Å². The molecule has 170 valence electrons. The summed E-state index contributed by atoms with van der Waals surface area (Å²) in [5, 5.41) is 41.5. The first kappa shape index (κ1) is 26.0. The average Bonchev–Trinajstić information content (AvgIpc) is 2.67. The van der Waals surface area contributed by atoms with Gasteiger partial charge < -0.3 is 30.2 Å². The van der Waals surface area contributed by atoms with Crippen molar-refractivity contribution in [1.29, 1.82) is 5.41 Å².